The first-order valence-corrected chi connectivity index (χ1v) is 6.28. The van der Waals surface area contributed by atoms with Gasteiger partial charge in [-0.2, -0.15) is 4.98 Å². The topological polar surface area (TPSA) is 51.0 Å². The third kappa shape index (κ3) is 2.96. The van der Waals surface area contributed by atoms with Gasteiger partial charge in [0.15, 0.2) is 0 Å². The molecule has 0 amide bonds. The molecule has 1 aromatic carbocycles. The van der Waals surface area contributed by atoms with Gasteiger partial charge in [-0.3, -0.25) is 0 Å². The lowest BCUT2D eigenvalue weighted by molar-refractivity contribution is 0.377. The molecule has 0 saturated heterocycles. The molecule has 1 aromatic heterocycles. The molecule has 18 heavy (non-hydrogen) atoms. The first-order valence-electron chi connectivity index (χ1n) is 6.28. The molecule has 4 heteroatoms. The van der Waals surface area contributed by atoms with Crippen LogP contribution in [0.1, 0.15) is 31.2 Å². The molecule has 0 fully saturated rings. The van der Waals surface area contributed by atoms with E-state index in [1.54, 1.807) is 0 Å². The van der Waals surface area contributed by atoms with Gasteiger partial charge in [0.05, 0.1) is 0 Å². The Morgan fingerprint density at radius 3 is 2.56 bits per heavy atom. The van der Waals surface area contributed by atoms with Crippen molar-refractivity contribution in [1.29, 1.82) is 0 Å². The van der Waals surface area contributed by atoms with Gasteiger partial charge in [-0.15, -0.1) is 0 Å². The van der Waals surface area contributed by atoms with Crippen LogP contribution in [-0.2, 0) is 6.42 Å². The number of benzene rings is 1. The van der Waals surface area contributed by atoms with Crippen LogP contribution >= 0.6 is 0 Å². The Labute approximate surface area is 107 Å². The highest BCUT2D eigenvalue weighted by atomic mass is 16.5. The number of hydrogen-bond donors (Lipinski definition) is 1. The van der Waals surface area contributed by atoms with Crippen LogP contribution in [0.3, 0.4) is 0 Å². The van der Waals surface area contributed by atoms with Crippen molar-refractivity contribution < 1.29 is 4.52 Å². The third-order valence-electron chi connectivity index (χ3n) is 2.89. The molecule has 0 bridgehead atoms. The fourth-order valence-corrected chi connectivity index (χ4v) is 1.72. The fourth-order valence-electron chi connectivity index (χ4n) is 1.72. The molecule has 0 aliphatic heterocycles. The molecule has 1 N–H and O–H groups in total. The number of nitrogens with zero attached hydrogens (tertiary/aromatic N) is 2. The van der Waals surface area contributed by atoms with Crippen molar-refractivity contribution in [3.63, 3.8) is 0 Å². The van der Waals surface area contributed by atoms with E-state index >= 15 is 0 Å². The Bertz CT molecular complexity index is 488. The summed E-state index contributed by atoms with van der Waals surface area (Å²) in [6, 6.07) is 8.32. The highest BCUT2D eigenvalue weighted by Crippen LogP contribution is 2.20. The minimum atomic E-state index is 0.538. The summed E-state index contributed by atoms with van der Waals surface area (Å²) in [5.74, 6) is 1.87. The standard InChI is InChI=1S/C14H19N3O/c1-10(2)11-4-6-12(7-5-11)14-16-13(18-17-14)8-9-15-3/h4-7,10,15H,8-9H2,1-3H3. The van der Waals surface area contributed by atoms with E-state index in [9.17, 15) is 0 Å². The molecule has 0 atom stereocenters. The Balaban J connectivity index is 2.13. The van der Waals surface area contributed by atoms with E-state index in [0.717, 1.165) is 18.5 Å². The molecule has 96 valence electrons. The van der Waals surface area contributed by atoms with Gasteiger partial charge in [0.1, 0.15) is 0 Å². The Morgan fingerprint density at radius 1 is 1.22 bits per heavy atom. The van der Waals surface area contributed by atoms with Crippen molar-refractivity contribution in [1.82, 2.24) is 15.5 Å². The van der Waals surface area contributed by atoms with E-state index in [0.29, 0.717) is 17.6 Å². The average molecular weight is 245 g/mol. The quantitative estimate of drug-likeness (QED) is 0.879. The molecule has 0 saturated carbocycles. The van der Waals surface area contributed by atoms with Crippen molar-refractivity contribution in [3.05, 3.63) is 35.7 Å². The normalized spacial score (nSPS) is 11.1. The zero-order valence-corrected chi connectivity index (χ0v) is 11.1. The van der Waals surface area contributed by atoms with Crippen LogP contribution in [0.5, 0.6) is 0 Å². The second-order valence-corrected chi connectivity index (χ2v) is 4.64. The minimum Gasteiger partial charge on any atom is -0.339 e. The average Bonchev–Trinajstić information content (AvgIpc) is 2.85. The maximum absolute atomic E-state index is 5.20. The molecular formula is C14H19N3O. The molecule has 1 heterocycles. The lowest BCUT2D eigenvalue weighted by atomic mass is 10.0. The van der Waals surface area contributed by atoms with Crippen LogP contribution in [-0.4, -0.2) is 23.7 Å². The number of aromatic nitrogens is 2. The lowest BCUT2D eigenvalue weighted by Crippen LogP contribution is -2.10. The van der Waals surface area contributed by atoms with E-state index in [1.165, 1.54) is 5.56 Å². The van der Waals surface area contributed by atoms with Crippen LogP contribution in [0.25, 0.3) is 11.4 Å². The number of rotatable bonds is 5. The predicted molar refractivity (Wildman–Crippen MR) is 71.5 cm³/mol. The zero-order chi connectivity index (χ0) is 13.0. The molecule has 0 spiro atoms. The van der Waals surface area contributed by atoms with Gasteiger partial charge in [0.2, 0.25) is 11.7 Å². The molecule has 4 nitrogen and oxygen atoms in total. The predicted octanol–water partition coefficient (Wildman–Crippen LogP) is 2.62. The van der Waals surface area contributed by atoms with Crippen LogP contribution in [0.2, 0.25) is 0 Å². The molecule has 0 aliphatic carbocycles. The van der Waals surface area contributed by atoms with Crippen LogP contribution in [0.15, 0.2) is 28.8 Å². The smallest absolute Gasteiger partial charge is 0.228 e. The van der Waals surface area contributed by atoms with Gasteiger partial charge < -0.3 is 9.84 Å². The van der Waals surface area contributed by atoms with E-state index in [-0.39, 0.29) is 0 Å². The summed E-state index contributed by atoms with van der Waals surface area (Å²) in [4.78, 5) is 4.37. The second kappa shape index (κ2) is 5.78. The van der Waals surface area contributed by atoms with Gasteiger partial charge in [-0.1, -0.05) is 43.3 Å². The summed E-state index contributed by atoms with van der Waals surface area (Å²) in [5.41, 5.74) is 2.32. The third-order valence-corrected chi connectivity index (χ3v) is 2.89. The van der Waals surface area contributed by atoms with Crippen molar-refractivity contribution in [3.8, 4) is 11.4 Å². The SMILES string of the molecule is CNCCc1nc(-c2ccc(C(C)C)cc2)no1. The maximum Gasteiger partial charge on any atom is 0.228 e. The Morgan fingerprint density at radius 2 is 1.94 bits per heavy atom. The van der Waals surface area contributed by atoms with Crippen molar-refractivity contribution in [2.75, 3.05) is 13.6 Å². The van der Waals surface area contributed by atoms with Gasteiger partial charge in [0.25, 0.3) is 0 Å². The Kier molecular flexibility index (Phi) is 4.10. The summed E-state index contributed by atoms with van der Waals surface area (Å²) in [5, 5.41) is 7.06. The molecule has 0 radical (unpaired) electrons. The second-order valence-electron chi connectivity index (χ2n) is 4.64. The summed E-state index contributed by atoms with van der Waals surface area (Å²) >= 11 is 0. The summed E-state index contributed by atoms with van der Waals surface area (Å²) in [6.45, 7) is 5.20. The minimum absolute atomic E-state index is 0.538. The summed E-state index contributed by atoms with van der Waals surface area (Å²) in [6.07, 6.45) is 0.758. The fraction of sp³-hybridized carbons (Fsp3) is 0.429. The summed E-state index contributed by atoms with van der Waals surface area (Å²) in [7, 11) is 1.90. The number of likely N-dealkylation sites (N-methyl/N-ethyl adjacent to an activating group) is 1. The van der Waals surface area contributed by atoms with Crippen molar-refractivity contribution >= 4 is 0 Å². The van der Waals surface area contributed by atoms with Crippen molar-refractivity contribution in [2.45, 2.75) is 26.2 Å². The highest BCUT2D eigenvalue weighted by Gasteiger charge is 2.08. The highest BCUT2D eigenvalue weighted by molar-refractivity contribution is 5.54. The zero-order valence-electron chi connectivity index (χ0n) is 11.1. The van der Waals surface area contributed by atoms with E-state index in [4.69, 9.17) is 4.52 Å². The van der Waals surface area contributed by atoms with Gasteiger partial charge in [-0.25, -0.2) is 0 Å². The number of hydrogen-bond acceptors (Lipinski definition) is 4. The largest absolute Gasteiger partial charge is 0.339 e. The first-order chi connectivity index (χ1) is 8.70. The van der Waals surface area contributed by atoms with Gasteiger partial charge in [-0.05, 0) is 18.5 Å². The summed E-state index contributed by atoms with van der Waals surface area (Å²) < 4.78 is 5.20. The van der Waals surface area contributed by atoms with Crippen LogP contribution < -0.4 is 5.32 Å². The van der Waals surface area contributed by atoms with Crippen LogP contribution in [0, 0.1) is 0 Å². The maximum atomic E-state index is 5.20. The Hall–Kier alpha value is -1.68. The molecule has 2 rings (SSSR count). The van der Waals surface area contributed by atoms with E-state index in [2.05, 4.69) is 41.4 Å². The first kappa shape index (κ1) is 12.8. The monoisotopic (exact) mass is 245 g/mol. The van der Waals surface area contributed by atoms with Crippen molar-refractivity contribution in [2.24, 2.45) is 0 Å². The van der Waals surface area contributed by atoms with Crippen LogP contribution in [0.4, 0.5) is 0 Å². The molecule has 0 aliphatic rings. The molecule has 0 unspecified atom stereocenters. The van der Waals surface area contributed by atoms with Gasteiger partial charge in [0, 0.05) is 18.5 Å². The number of nitrogens with one attached hydrogen (secondary N) is 1. The van der Waals surface area contributed by atoms with Gasteiger partial charge >= 0.3 is 0 Å². The van der Waals surface area contributed by atoms with E-state index in [1.807, 2.05) is 19.2 Å². The lowest BCUT2D eigenvalue weighted by Gasteiger charge is -2.04. The molecular weight excluding hydrogens is 226 g/mol. The molecule has 2 aromatic rings. The van der Waals surface area contributed by atoms with E-state index < -0.39 is 0 Å².